The Labute approximate surface area is 219 Å². The van der Waals surface area contributed by atoms with Gasteiger partial charge in [-0.3, -0.25) is 4.79 Å². The number of benzene rings is 2. The summed E-state index contributed by atoms with van der Waals surface area (Å²) in [6.07, 6.45) is 5.32. The lowest BCUT2D eigenvalue weighted by molar-refractivity contribution is 0.0939. The van der Waals surface area contributed by atoms with Gasteiger partial charge in [-0.25, -0.2) is 0 Å². The highest BCUT2D eigenvalue weighted by Crippen LogP contribution is 2.33. The number of hydrogen-bond acceptors (Lipinski definition) is 5. The van der Waals surface area contributed by atoms with Gasteiger partial charge in [-0.2, -0.15) is 0 Å². The van der Waals surface area contributed by atoms with Crippen molar-refractivity contribution in [2.24, 2.45) is 0 Å². The molecule has 2 heterocycles. The highest BCUT2D eigenvalue weighted by Gasteiger charge is 2.19. The van der Waals surface area contributed by atoms with E-state index in [-0.39, 0.29) is 11.9 Å². The van der Waals surface area contributed by atoms with Gasteiger partial charge in [-0.05, 0) is 80.1 Å². The summed E-state index contributed by atoms with van der Waals surface area (Å²) in [5.41, 5.74) is 6.39. The van der Waals surface area contributed by atoms with Crippen LogP contribution in [0.2, 0.25) is 0 Å². The van der Waals surface area contributed by atoms with E-state index < -0.39 is 0 Å². The number of carbonyl (C=O) groups excluding carboxylic acids is 1. The third kappa shape index (κ3) is 5.83. The monoisotopic (exact) mass is 502 g/mol. The molecular weight excluding hydrogens is 464 g/mol. The minimum Gasteiger partial charge on any atom is -0.380 e. The Hall–Kier alpha value is -2.67. The van der Waals surface area contributed by atoms with Crippen LogP contribution >= 0.6 is 11.3 Å². The molecule has 3 aromatic rings. The van der Waals surface area contributed by atoms with E-state index in [9.17, 15) is 4.79 Å². The van der Waals surface area contributed by atoms with Crippen molar-refractivity contribution < 1.29 is 4.79 Å². The molecule has 1 unspecified atom stereocenters. The van der Waals surface area contributed by atoms with E-state index >= 15 is 0 Å². The lowest BCUT2D eigenvalue weighted by atomic mass is 10.0. The van der Waals surface area contributed by atoms with Gasteiger partial charge < -0.3 is 21.3 Å². The Morgan fingerprint density at radius 3 is 2.58 bits per heavy atom. The van der Waals surface area contributed by atoms with Gasteiger partial charge in [0, 0.05) is 46.7 Å². The maximum absolute atomic E-state index is 13.2. The van der Waals surface area contributed by atoms with Gasteiger partial charge in [0.25, 0.3) is 5.91 Å². The zero-order valence-electron chi connectivity index (χ0n) is 21.6. The lowest BCUT2D eigenvalue weighted by Crippen LogP contribution is -2.51. The van der Waals surface area contributed by atoms with E-state index in [1.807, 2.05) is 30.4 Å². The summed E-state index contributed by atoms with van der Waals surface area (Å²) in [5, 5.41) is 13.7. The first-order chi connectivity index (χ1) is 17.5. The van der Waals surface area contributed by atoms with Crippen LogP contribution in [0.4, 0.5) is 5.69 Å². The van der Waals surface area contributed by atoms with Crippen LogP contribution in [-0.2, 0) is 6.54 Å². The van der Waals surface area contributed by atoms with Gasteiger partial charge in [0.2, 0.25) is 0 Å². The molecule has 5 nitrogen and oxygen atoms in total. The summed E-state index contributed by atoms with van der Waals surface area (Å²) in [7, 11) is 0. The largest absolute Gasteiger partial charge is 0.380 e. The smallest absolute Gasteiger partial charge is 0.252 e. The van der Waals surface area contributed by atoms with Gasteiger partial charge in [-0.15, -0.1) is 11.3 Å². The molecule has 2 aliphatic rings. The number of hydrogen-bond donors (Lipinski definition) is 4. The molecule has 5 rings (SSSR count). The van der Waals surface area contributed by atoms with Crippen LogP contribution < -0.4 is 21.3 Å². The van der Waals surface area contributed by atoms with Gasteiger partial charge in [0.1, 0.15) is 0 Å². The predicted octanol–water partition coefficient (Wildman–Crippen LogP) is 5.94. The maximum atomic E-state index is 13.2. The van der Waals surface area contributed by atoms with Gasteiger partial charge >= 0.3 is 0 Å². The van der Waals surface area contributed by atoms with Crippen LogP contribution in [0.1, 0.15) is 70.6 Å². The highest BCUT2D eigenvalue weighted by atomic mass is 32.1. The average molecular weight is 503 g/mol. The number of anilines is 1. The number of carbonyl (C=O) groups is 1. The summed E-state index contributed by atoms with van der Waals surface area (Å²) in [5.74, 6) is -0.0342. The van der Waals surface area contributed by atoms with Crippen molar-refractivity contribution in [1.82, 2.24) is 16.0 Å². The minimum absolute atomic E-state index is 0.0342. The third-order valence-corrected chi connectivity index (χ3v) is 8.87. The molecule has 1 aliphatic heterocycles. The molecule has 0 spiro atoms. The quantitative estimate of drug-likeness (QED) is 0.292. The fraction of sp³-hybridized carbons (Fsp3) is 0.433. The third-order valence-electron chi connectivity index (χ3n) is 7.58. The first kappa shape index (κ1) is 25.0. The lowest BCUT2D eigenvalue weighted by Gasteiger charge is -2.29. The fourth-order valence-corrected chi connectivity index (χ4v) is 6.23. The summed E-state index contributed by atoms with van der Waals surface area (Å²) in [4.78, 5) is 15.9. The molecule has 0 bridgehead atoms. The molecule has 4 N–H and O–H groups in total. The molecule has 1 saturated heterocycles. The maximum Gasteiger partial charge on any atom is 0.252 e. The highest BCUT2D eigenvalue weighted by molar-refractivity contribution is 7.15. The van der Waals surface area contributed by atoms with E-state index in [4.69, 9.17) is 0 Å². The molecule has 190 valence electrons. The molecule has 2 fully saturated rings. The van der Waals surface area contributed by atoms with Crippen molar-refractivity contribution in [1.29, 1.82) is 0 Å². The van der Waals surface area contributed by atoms with E-state index in [0.717, 1.165) is 42.0 Å². The zero-order chi connectivity index (χ0) is 25.1. The van der Waals surface area contributed by atoms with Crippen LogP contribution in [0.3, 0.4) is 0 Å². The second-order valence-electron chi connectivity index (χ2n) is 10.4. The Morgan fingerprint density at radius 2 is 1.83 bits per heavy atom. The van der Waals surface area contributed by atoms with Crippen molar-refractivity contribution in [3.63, 3.8) is 0 Å². The molecule has 1 atom stereocenters. The Kier molecular flexibility index (Phi) is 7.75. The Balaban J connectivity index is 1.25. The summed E-state index contributed by atoms with van der Waals surface area (Å²) >= 11 is 1.88. The minimum atomic E-state index is -0.0890. The molecular formula is C30H38N4OS. The molecule has 1 amide bonds. The number of thiophene rings is 1. The summed E-state index contributed by atoms with van der Waals surface area (Å²) < 4.78 is 0. The Bertz CT molecular complexity index is 1210. The van der Waals surface area contributed by atoms with Crippen molar-refractivity contribution in [2.75, 3.05) is 18.4 Å². The van der Waals surface area contributed by atoms with Crippen LogP contribution in [-0.4, -0.2) is 31.1 Å². The number of aryl methyl sites for hydroxylation is 2. The Morgan fingerprint density at radius 1 is 1.03 bits per heavy atom. The number of nitrogens with one attached hydrogen (secondary N) is 4. The first-order valence-electron chi connectivity index (χ1n) is 13.3. The van der Waals surface area contributed by atoms with Gasteiger partial charge in [0.05, 0.1) is 12.1 Å². The van der Waals surface area contributed by atoms with Crippen LogP contribution in [0.15, 0.2) is 48.5 Å². The second kappa shape index (κ2) is 11.2. The average Bonchev–Trinajstić information content (AvgIpc) is 3.50. The van der Waals surface area contributed by atoms with Crippen molar-refractivity contribution in [2.45, 2.75) is 71.1 Å². The number of amides is 1. The van der Waals surface area contributed by atoms with Crippen molar-refractivity contribution in [3.05, 3.63) is 75.7 Å². The zero-order valence-corrected chi connectivity index (χ0v) is 22.4. The number of rotatable bonds is 9. The first-order valence-corrected chi connectivity index (χ1v) is 14.1. The van der Waals surface area contributed by atoms with Gasteiger partial charge in [-0.1, -0.05) is 37.1 Å². The molecule has 1 saturated carbocycles. The van der Waals surface area contributed by atoms with Crippen molar-refractivity contribution in [3.8, 4) is 10.4 Å². The van der Waals surface area contributed by atoms with Crippen LogP contribution in [0, 0.1) is 13.8 Å². The van der Waals surface area contributed by atoms with Crippen LogP contribution in [0.5, 0.6) is 0 Å². The van der Waals surface area contributed by atoms with Gasteiger partial charge in [0.15, 0.2) is 0 Å². The molecule has 6 heteroatoms. The normalized spacial score (nSPS) is 17.1. The van der Waals surface area contributed by atoms with E-state index in [0.29, 0.717) is 12.1 Å². The second-order valence-corrected chi connectivity index (χ2v) is 11.6. The molecule has 1 aliphatic carbocycles. The van der Waals surface area contributed by atoms with E-state index in [2.05, 4.69) is 71.5 Å². The predicted molar refractivity (Wildman–Crippen MR) is 151 cm³/mol. The molecule has 1 aromatic heterocycles. The molecule has 0 radical (unpaired) electrons. The molecule has 36 heavy (non-hydrogen) atoms. The van der Waals surface area contributed by atoms with Crippen LogP contribution in [0.25, 0.3) is 10.4 Å². The topological polar surface area (TPSA) is 65.2 Å². The standard InChI is InChI=1S/C30H38N4OS/c1-19-11-12-25(34-26-16-31-17-26)15-27(19)30(35)33-21(3)22-7-6-8-23(14-22)28-13-20(2)29(36-28)18-32-24-9-4-5-10-24/h6-8,11-15,21,24,26,31-32,34H,4-5,9-10,16-18H2,1-3H3,(H,33,35). The molecule has 2 aromatic carbocycles. The van der Waals surface area contributed by atoms with E-state index in [1.54, 1.807) is 0 Å². The SMILES string of the molecule is Cc1ccc(NC2CNC2)cc1C(=O)NC(C)c1cccc(-c2cc(C)c(CNC3CCCC3)s2)c1. The fourth-order valence-electron chi connectivity index (χ4n) is 5.11. The summed E-state index contributed by atoms with van der Waals surface area (Å²) in [6, 6.07) is 18.0. The van der Waals surface area contributed by atoms with E-state index in [1.165, 1.54) is 46.6 Å². The summed E-state index contributed by atoms with van der Waals surface area (Å²) in [6.45, 7) is 9.15. The van der Waals surface area contributed by atoms with Crippen molar-refractivity contribution >= 4 is 22.9 Å².